The van der Waals surface area contributed by atoms with Crippen LogP contribution in [0.1, 0.15) is 18.9 Å². The minimum absolute atomic E-state index is 0. The fourth-order valence-corrected chi connectivity index (χ4v) is 2.64. The molecule has 1 aliphatic heterocycles. The summed E-state index contributed by atoms with van der Waals surface area (Å²) in [7, 11) is 0. The third-order valence-electron chi connectivity index (χ3n) is 2.70. The van der Waals surface area contributed by atoms with Crippen LogP contribution in [0, 0.1) is 6.08 Å². The summed E-state index contributed by atoms with van der Waals surface area (Å²) >= 11 is 8.32. The van der Waals surface area contributed by atoms with E-state index in [0.717, 1.165) is 11.3 Å². The molecule has 1 aliphatic rings. The smallest absolute Gasteiger partial charge is 0.235 e. The quantitative estimate of drug-likeness (QED) is 0.384. The third kappa shape index (κ3) is 3.35. The van der Waals surface area contributed by atoms with E-state index in [1.54, 1.807) is 4.90 Å². The summed E-state index contributed by atoms with van der Waals surface area (Å²) in [4.78, 5) is 13.8. The first-order valence-corrected chi connectivity index (χ1v) is 7.08. The topological polar surface area (TPSA) is 20.3 Å². The van der Waals surface area contributed by atoms with Crippen LogP contribution in [-0.4, -0.2) is 21.3 Å². The fraction of sp³-hybridized carbons (Fsp3) is 0.308. The molecule has 0 aliphatic carbocycles. The van der Waals surface area contributed by atoms with E-state index in [1.807, 2.05) is 31.2 Å². The van der Waals surface area contributed by atoms with Gasteiger partial charge in [-0.1, -0.05) is 47.2 Å². The van der Waals surface area contributed by atoms with Crippen molar-refractivity contribution in [2.75, 3.05) is 6.54 Å². The zero-order valence-electron chi connectivity index (χ0n) is 9.99. The predicted octanol–water partition coefficient (Wildman–Crippen LogP) is 3.54. The van der Waals surface area contributed by atoms with Gasteiger partial charge in [0.2, 0.25) is 5.91 Å². The van der Waals surface area contributed by atoms with E-state index in [1.165, 1.54) is 0 Å². The molecule has 1 amide bonds. The van der Waals surface area contributed by atoms with Crippen molar-refractivity contribution in [2.45, 2.75) is 17.3 Å². The number of allylic oxidation sites excluding steroid dienone is 1. The zero-order valence-corrected chi connectivity index (χ0v) is 15.7. The molecule has 0 fully saturated rings. The van der Waals surface area contributed by atoms with Crippen LogP contribution in [0.2, 0.25) is 5.02 Å². The molecular weight excluding hydrogens is 437 g/mol. The molecule has 0 saturated heterocycles. The Hall–Kier alpha value is 0.554. The number of rotatable bonds is 2. The van der Waals surface area contributed by atoms with Crippen molar-refractivity contribution in [1.82, 2.24) is 4.90 Å². The van der Waals surface area contributed by atoms with Crippen LogP contribution < -0.4 is 0 Å². The van der Waals surface area contributed by atoms with Crippen molar-refractivity contribution in [2.24, 2.45) is 0 Å². The van der Waals surface area contributed by atoms with Crippen molar-refractivity contribution in [3.8, 4) is 0 Å². The second-order valence-corrected chi connectivity index (χ2v) is 5.67. The molecule has 1 radical (unpaired) electrons. The first-order chi connectivity index (χ1) is 8.15. The van der Waals surface area contributed by atoms with Gasteiger partial charge in [0.25, 0.3) is 0 Å². The maximum Gasteiger partial charge on any atom is 0.235 e. The molecule has 0 N–H and O–H groups in total. The molecule has 2 nitrogen and oxygen atoms in total. The van der Waals surface area contributed by atoms with Gasteiger partial charge in [-0.05, 0) is 11.9 Å². The zero-order chi connectivity index (χ0) is 12.4. The number of hydrogen-bond acceptors (Lipinski definition) is 1. The molecule has 0 saturated carbocycles. The molecule has 0 spiro atoms. The molecule has 1 aromatic carbocycles. The molecule has 2 rings (SSSR count). The van der Waals surface area contributed by atoms with Crippen LogP contribution in [-0.2, 0) is 37.5 Å². The van der Waals surface area contributed by atoms with Gasteiger partial charge in [0, 0.05) is 39.3 Å². The summed E-state index contributed by atoms with van der Waals surface area (Å²) in [5.41, 5.74) is 1.70. The van der Waals surface area contributed by atoms with Crippen molar-refractivity contribution < 1.29 is 37.5 Å². The van der Waals surface area contributed by atoms with Crippen molar-refractivity contribution in [3.63, 3.8) is 0 Å². The molecule has 0 bridgehead atoms. The van der Waals surface area contributed by atoms with Crippen molar-refractivity contribution >= 4 is 45.8 Å². The SMILES string of the molecule is CCN1C(=O)C(I)C[C-]=C1c1ccccc1Cl.[Y]. The van der Waals surface area contributed by atoms with E-state index >= 15 is 0 Å². The molecule has 18 heavy (non-hydrogen) atoms. The Bertz CT molecular complexity index is 478. The normalized spacial score (nSPS) is 19.3. The molecule has 1 aromatic rings. The Balaban J connectivity index is 0.00000162. The average Bonchev–Trinajstić information content (AvgIpc) is 2.33. The minimum Gasteiger partial charge on any atom is -0.347 e. The van der Waals surface area contributed by atoms with E-state index in [4.69, 9.17) is 11.6 Å². The average molecular weight is 450 g/mol. The van der Waals surface area contributed by atoms with Gasteiger partial charge < -0.3 is 4.90 Å². The van der Waals surface area contributed by atoms with E-state index in [9.17, 15) is 4.79 Å². The molecule has 5 heteroatoms. The molecule has 1 heterocycles. The summed E-state index contributed by atoms with van der Waals surface area (Å²) in [6.45, 7) is 2.61. The summed E-state index contributed by atoms with van der Waals surface area (Å²) in [6, 6.07) is 7.56. The molecular formula is C13H12ClINOY-. The standard InChI is InChI=1S/C13H12ClINO.Y/c1-2-16-12(8-7-11(15)13(16)17)9-5-3-4-6-10(9)14;/h3-6,11H,2,7H2,1H3;/q-1;. The van der Waals surface area contributed by atoms with Gasteiger partial charge in [-0.25, -0.2) is 6.08 Å². The van der Waals surface area contributed by atoms with Crippen LogP contribution in [0.5, 0.6) is 0 Å². The number of hydrogen-bond donors (Lipinski definition) is 0. The number of carbonyl (C=O) groups excluding carboxylic acids is 1. The number of benzene rings is 1. The number of carbonyl (C=O) groups is 1. The molecule has 1 unspecified atom stereocenters. The number of alkyl halides is 1. The minimum atomic E-state index is -0.0150. The summed E-state index contributed by atoms with van der Waals surface area (Å²) in [5, 5.41) is 0.660. The van der Waals surface area contributed by atoms with E-state index < -0.39 is 0 Å². The fourth-order valence-electron chi connectivity index (χ4n) is 1.86. The summed E-state index contributed by atoms with van der Waals surface area (Å²) < 4.78 is -0.0150. The summed E-state index contributed by atoms with van der Waals surface area (Å²) in [6.07, 6.45) is 3.94. The van der Waals surface area contributed by atoms with Crippen LogP contribution in [0.3, 0.4) is 0 Å². The Morgan fingerprint density at radius 2 is 2.17 bits per heavy atom. The maximum atomic E-state index is 12.1. The van der Waals surface area contributed by atoms with E-state index in [0.29, 0.717) is 18.0 Å². The van der Waals surface area contributed by atoms with Gasteiger partial charge >= 0.3 is 0 Å². The first kappa shape index (κ1) is 16.6. The van der Waals surface area contributed by atoms with Crippen LogP contribution in [0.15, 0.2) is 24.3 Å². The van der Waals surface area contributed by atoms with Gasteiger partial charge in [0.15, 0.2) is 0 Å². The second-order valence-electron chi connectivity index (χ2n) is 3.76. The summed E-state index contributed by atoms with van der Waals surface area (Å²) in [5.74, 6) is 0.141. The largest absolute Gasteiger partial charge is 0.347 e. The Morgan fingerprint density at radius 3 is 2.78 bits per heavy atom. The van der Waals surface area contributed by atoms with Gasteiger partial charge in [0.1, 0.15) is 0 Å². The van der Waals surface area contributed by atoms with Crippen LogP contribution in [0.4, 0.5) is 0 Å². The maximum absolute atomic E-state index is 12.1. The van der Waals surface area contributed by atoms with E-state index in [-0.39, 0.29) is 42.5 Å². The third-order valence-corrected chi connectivity index (χ3v) is 4.00. The van der Waals surface area contributed by atoms with Crippen LogP contribution in [0.25, 0.3) is 5.70 Å². The van der Waals surface area contributed by atoms with Gasteiger partial charge in [0.05, 0.1) is 3.92 Å². The Morgan fingerprint density at radius 1 is 1.50 bits per heavy atom. The Kier molecular flexibility index (Phi) is 6.80. The monoisotopic (exact) mass is 449 g/mol. The first-order valence-electron chi connectivity index (χ1n) is 5.46. The van der Waals surface area contributed by atoms with Gasteiger partial charge in [-0.15, -0.1) is 28.9 Å². The van der Waals surface area contributed by atoms with Gasteiger partial charge in [-0.3, -0.25) is 4.79 Å². The van der Waals surface area contributed by atoms with Gasteiger partial charge in [-0.2, -0.15) is 0 Å². The van der Waals surface area contributed by atoms with Crippen molar-refractivity contribution in [1.29, 1.82) is 0 Å². The number of amides is 1. The van der Waals surface area contributed by atoms with Crippen molar-refractivity contribution in [3.05, 3.63) is 40.9 Å². The molecule has 0 aromatic heterocycles. The van der Waals surface area contributed by atoms with Crippen LogP contribution >= 0.6 is 34.2 Å². The Labute approximate surface area is 151 Å². The number of halogens is 2. The van der Waals surface area contributed by atoms with E-state index in [2.05, 4.69) is 28.7 Å². The predicted molar refractivity (Wildman–Crippen MR) is 77.9 cm³/mol. The second kappa shape index (κ2) is 7.37. The molecule has 93 valence electrons. The number of nitrogens with zero attached hydrogens (tertiary/aromatic N) is 1. The molecule has 1 atom stereocenters.